The Hall–Kier alpha value is -4.75. The van der Waals surface area contributed by atoms with Crippen LogP contribution in [0.1, 0.15) is 18.5 Å². The lowest BCUT2D eigenvalue weighted by molar-refractivity contribution is 0.121. The Bertz CT molecular complexity index is 1660. The molecule has 13 nitrogen and oxygen atoms in total. The van der Waals surface area contributed by atoms with Crippen molar-refractivity contribution >= 4 is 34.3 Å². The molecule has 3 aromatic heterocycles. The number of ether oxygens (including phenoxy) is 1. The van der Waals surface area contributed by atoms with Crippen LogP contribution in [0, 0.1) is 0 Å². The van der Waals surface area contributed by atoms with Gasteiger partial charge < -0.3 is 29.9 Å². The lowest BCUT2D eigenvalue weighted by atomic mass is 10.1. The van der Waals surface area contributed by atoms with Gasteiger partial charge in [0, 0.05) is 31.5 Å². The van der Waals surface area contributed by atoms with E-state index in [1.165, 1.54) is 0 Å². The molecule has 0 spiro atoms. The van der Waals surface area contributed by atoms with Crippen molar-refractivity contribution in [2.24, 2.45) is 0 Å². The molecule has 1 atom stereocenters. The van der Waals surface area contributed by atoms with Crippen LogP contribution in [0.5, 0.6) is 0 Å². The zero-order chi connectivity index (χ0) is 27.5. The monoisotopic (exact) mass is 543 g/mol. The number of anilines is 4. The molecule has 2 aromatic carbocycles. The van der Waals surface area contributed by atoms with E-state index < -0.39 is 6.04 Å². The number of benzene rings is 2. The van der Waals surface area contributed by atoms with Gasteiger partial charge in [0.25, 0.3) is 17.4 Å². The number of aromatic nitrogens is 6. The maximum absolute atomic E-state index is 12.2. The highest BCUT2D eigenvalue weighted by atomic mass is 16.5. The number of aliphatic hydroxyl groups excluding tert-OH is 1. The number of aryl methyl sites for hydroxylation is 1. The largest absolute Gasteiger partial charge is 0.394 e. The summed E-state index contributed by atoms with van der Waals surface area (Å²) >= 11 is 0. The second-order valence-electron chi connectivity index (χ2n) is 9.29. The second-order valence-corrected chi connectivity index (χ2v) is 9.29. The highest BCUT2D eigenvalue weighted by molar-refractivity contribution is 5.83. The van der Waals surface area contributed by atoms with Crippen LogP contribution in [0.2, 0.25) is 0 Å². The number of hydrogen-bond donors (Lipinski definition) is 4. The maximum Gasteiger partial charge on any atom is 0.271 e. The van der Waals surface area contributed by atoms with Crippen molar-refractivity contribution in [1.29, 1.82) is 0 Å². The molecule has 0 radical (unpaired) electrons. The van der Waals surface area contributed by atoms with Crippen molar-refractivity contribution in [3.05, 3.63) is 70.6 Å². The van der Waals surface area contributed by atoms with Crippen molar-refractivity contribution in [2.45, 2.75) is 19.5 Å². The highest BCUT2D eigenvalue weighted by Gasteiger charge is 2.22. The Kier molecular flexibility index (Phi) is 7.12. The molecule has 13 heteroatoms. The van der Waals surface area contributed by atoms with Crippen LogP contribution in [0.3, 0.4) is 0 Å². The Morgan fingerprint density at radius 2 is 1.95 bits per heavy atom. The van der Waals surface area contributed by atoms with Crippen molar-refractivity contribution in [3.8, 4) is 11.5 Å². The van der Waals surface area contributed by atoms with E-state index in [0.29, 0.717) is 67.2 Å². The maximum atomic E-state index is 12.2. The number of H-pyrrole nitrogens is 1. The zero-order valence-corrected chi connectivity index (χ0v) is 21.9. The van der Waals surface area contributed by atoms with Gasteiger partial charge in [0.2, 0.25) is 5.95 Å². The normalized spacial score (nSPS) is 14.4. The predicted molar refractivity (Wildman–Crippen MR) is 150 cm³/mol. The molecule has 4 N–H and O–H groups in total. The van der Waals surface area contributed by atoms with Gasteiger partial charge in [0.1, 0.15) is 11.4 Å². The Morgan fingerprint density at radius 1 is 1.12 bits per heavy atom. The van der Waals surface area contributed by atoms with Crippen molar-refractivity contribution in [1.82, 2.24) is 29.9 Å². The quantitative estimate of drug-likeness (QED) is 0.216. The summed E-state index contributed by atoms with van der Waals surface area (Å²) in [5, 5.41) is 24.4. The van der Waals surface area contributed by atoms with E-state index in [-0.39, 0.29) is 18.1 Å². The minimum Gasteiger partial charge on any atom is -0.394 e. The summed E-state index contributed by atoms with van der Waals surface area (Å²) in [6.07, 6.45) is 1.60. The molecule has 1 fully saturated rings. The molecule has 0 amide bonds. The topological polar surface area (TPSA) is 159 Å². The van der Waals surface area contributed by atoms with Gasteiger partial charge in [-0.25, -0.2) is 4.98 Å². The summed E-state index contributed by atoms with van der Waals surface area (Å²) in [7, 11) is 0. The number of fused-ring (bicyclic) bond motifs is 1. The van der Waals surface area contributed by atoms with E-state index in [2.05, 4.69) is 30.9 Å². The Morgan fingerprint density at radius 3 is 2.73 bits per heavy atom. The summed E-state index contributed by atoms with van der Waals surface area (Å²) in [6.45, 7) is 4.94. The summed E-state index contributed by atoms with van der Waals surface area (Å²) in [6, 6.07) is 14.6. The van der Waals surface area contributed by atoms with Gasteiger partial charge in [-0.2, -0.15) is 9.97 Å². The second kappa shape index (κ2) is 11.2. The molecule has 1 saturated heterocycles. The third-order valence-corrected chi connectivity index (χ3v) is 6.77. The first-order chi connectivity index (χ1) is 19.6. The van der Waals surface area contributed by atoms with Gasteiger partial charge in [-0.15, -0.1) is 0 Å². The van der Waals surface area contributed by atoms with E-state index in [0.717, 1.165) is 11.1 Å². The van der Waals surface area contributed by atoms with Gasteiger partial charge >= 0.3 is 0 Å². The van der Waals surface area contributed by atoms with Gasteiger partial charge in [-0.05, 0) is 35.8 Å². The van der Waals surface area contributed by atoms with Crippen LogP contribution in [-0.2, 0) is 11.3 Å². The van der Waals surface area contributed by atoms with Crippen molar-refractivity contribution in [2.75, 3.05) is 48.4 Å². The summed E-state index contributed by atoms with van der Waals surface area (Å²) in [5.41, 5.74) is 2.73. The molecule has 6 rings (SSSR count). The van der Waals surface area contributed by atoms with E-state index in [9.17, 15) is 9.90 Å². The van der Waals surface area contributed by atoms with Crippen LogP contribution in [0.15, 0.2) is 64.0 Å². The number of rotatable bonds is 9. The molecule has 0 unspecified atom stereocenters. The van der Waals surface area contributed by atoms with Gasteiger partial charge in [-0.1, -0.05) is 30.3 Å². The first kappa shape index (κ1) is 25.5. The molecule has 40 heavy (non-hydrogen) atoms. The number of nitrogens with one attached hydrogen (secondary N) is 3. The van der Waals surface area contributed by atoms with Gasteiger partial charge in [-0.3, -0.25) is 14.6 Å². The van der Waals surface area contributed by atoms with E-state index in [1.807, 2.05) is 48.2 Å². The summed E-state index contributed by atoms with van der Waals surface area (Å²) in [4.78, 5) is 28.0. The van der Waals surface area contributed by atoms with E-state index >= 15 is 0 Å². The average molecular weight is 544 g/mol. The third kappa shape index (κ3) is 5.11. The van der Waals surface area contributed by atoms with Crippen molar-refractivity contribution < 1.29 is 14.4 Å². The number of hydrogen-bond acceptors (Lipinski definition) is 11. The molecule has 1 aliphatic rings. The van der Waals surface area contributed by atoms with Gasteiger partial charge in [0.05, 0.1) is 36.8 Å². The van der Waals surface area contributed by atoms with E-state index in [1.54, 1.807) is 23.0 Å². The average Bonchev–Trinajstić information content (AvgIpc) is 3.61. The number of nitrogens with zero attached hydrogens (tertiary/aromatic N) is 6. The fourth-order valence-electron chi connectivity index (χ4n) is 4.66. The lowest BCUT2D eigenvalue weighted by Gasteiger charge is -2.24. The molecule has 1 aliphatic heterocycles. The standard InChI is InChI=1S/C27H29N9O4/c1-2-36-22-14-18(8-9-19(22)24(38)33-36)29-26-28-15-20(25-32-27(34-40-25)35-10-12-39-13-11-35)23(31-26)30-21(16-37)17-6-4-3-5-7-17/h3-9,14-15,21,37H,2,10-13,16H2,1H3,(H,33,38)(H2,28,29,30,31)/t21-/m1/s1. The molecule has 0 aliphatic carbocycles. The number of aromatic amines is 1. The minimum atomic E-state index is -0.445. The Labute approximate surface area is 228 Å². The number of morpholine rings is 1. The van der Waals surface area contributed by atoms with Gasteiger partial charge in [0.15, 0.2) is 0 Å². The van der Waals surface area contributed by atoms with E-state index in [4.69, 9.17) is 14.2 Å². The molecule has 206 valence electrons. The lowest BCUT2D eigenvalue weighted by Crippen LogP contribution is -2.36. The fourth-order valence-corrected chi connectivity index (χ4v) is 4.66. The summed E-state index contributed by atoms with van der Waals surface area (Å²) in [5.74, 6) is 1.44. The molecular weight excluding hydrogens is 514 g/mol. The molecular formula is C27H29N9O4. The molecule has 0 bridgehead atoms. The van der Waals surface area contributed by atoms with Crippen LogP contribution in [0.25, 0.3) is 22.4 Å². The SMILES string of the molecule is CCn1[nH]c(=O)c2ccc(Nc3ncc(-c4nc(N5CCOCC5)no4)c(N[C@H](CO)c4ccccc4)n3)cc21. The predicted octanol–water partition coefficient (Wildman–Crippen LogP) is 2.92. The minimum absolute atomic E-state index is 0.137. The molecule has 5 aromatic rings. The number of aliphatic hydroxyl groups is 1. The third-order valence-electron chi connectivity index (χ3n) is 6.77. The Balaban J connectivity index is 1.35. The molecule has 0 saturated carbocycles. The molecule has 4 heterocycles. The smallest absolute Gasteiger partial charge is 0.271 e. The highest BCUT2D eigenvalue weighted by Crippen LogP contribution is 2.31. The summed E-state index contributed by atoms with van der Waals surface area (Å²) < 4.78 is 12.8. The fraction of sp³-hybridized carbons (Fsp3) is 0.296. The first-order valence-electron chi connectivity index (χ1n) is 13.1. The van der Waals surface area contributed by atoms with Crippen LogP contribution >= 0.6 is 0 Å². The zero-order valence-electron chi connectivity index (χ0n) is 21.9. The van der Waals surface area contributed by atoms with Crippen LogP contribution in [-0.4, -0.2) is 67.9 Å². The van der Waals surface area contributed by atoms with Crippen molar-refractivity contribution in [3.63, 3.8) is 0 Å². The first-order valence-corrected chi connectivity index (χ1v) is 13.1. The van der Waals surface area contributed by atoms with Crippen LogP contribution in [0.4, 0.5) is 23.4 Å². The van der Waals surface area contributed by atoms with Crippen LogP contribution < -0.4 is 21.1 Å².